The zero-order valence-electron chi connectivity index (χ0n) is 27.6. The van der Waals surface area contributed by atoms with Crippen molar-refractivity contribution in [3.63, 3.8) is 0 Å². The molecule has 0 amide bonds. The normalized spacial score (nSPS) is 15.8. The first-order valence-corrected chi connectivity index (χ1v) is 16.5. The lowest BCUT2D eigenvalue weighted by atomic mass is 9.92. The van der Waals surface area contributed by atoms with Crippen LogP contribution in [0.25, 0.3) is 5.57 Å². The first-order chi connectivity index (χ1) is 21.6. The molecule has 0 aliphatic carbocycles. The van der Waals surface area contributed by atoms with E-state index in [2.05, 4.69) is 96.9 Å². The van der Waals surface area contributed by atoms with Gasteiger partial charge in [0.2, 0.25) is 0 Å². The maximum Gasteiger partial charge on any atom is 0.270 e. The number of hydrogen-bond acceptors (Lipinski definition) is 3. The number of hydrogen-bond donors (Lipinski definition) is 1. The summed E-state index contributed by atoms with van der Waals surface area (Å²) < 4.78 is 27.2. The summed E-state index contributed by atoms with van der Waals surface area (Å²) in [6, 6.07) is 23.8. The van der Waals surface area contributed by atoms with E-state index in [0.29, 0.717) is 6.54 Å². The van der Waals surface area contributed by atoms with Crippen LogP contribution >= 0.6 is 0 Å². The molecule has 0 atom stereocenters. The van der Waals surface area contributed by atoms with E-state index in [1.54, 1.807) is 12.1 Å². The van der Waals surface area contributed by atoms with Crippen molar-refractivity contribution in [1.29, 1.82) is 0 Å². The van der Waals surface area contributed by atoms with Gasteiger partial charge in [-0.1, -0.05) is 86.0 Å². The Morgan fingerprint density at radius 1 is 0.800 bits per heavy atom. The number of alkyl halides is 2. The number of rotatable bonds is 11. The van der Waals surface area contributed by atoms with Gasteiger partial charge in [-0.25, -0.2) is 8.78 Å². The molecular weight excluding hydrogens is 560 g/mol. The van der Waals surface area contributed by atoms with Gasteiger partial charge in [0.1, 0.15) is 0 Å². The molecule has 5 heteroatoms. The van der Waals surface area contributed by atoms with Crippen molar-refractivity contribution in [2.24, 2.45) is 0 Å². The van der Waals surface area contributed by atoms with E-state index < -0.39 is 5.92 Å². The first kappa shape index (κ1) is 34.2. The maximum atomic E-state index is 13.6. The van der Waals surface area contributed by atoms with Crippen LogP contribution in [0.3, 0.4) is 0 Å². The molecule has 0 spiro atoms. The van der Waals surface area contributed by atoms with E-state index in [-0.39, 0.29) is 5.56 Å². The molecule has 3 aromatic rings. The van der Waals surface area contributed by atoms with Crippen LogP contribution in [0.1, 0.15) is 72.4 Å². The van der Waals surface area contributed by atoms with Gasteiger partial charge >= 0.3 is 0 Å². The molecule has 2 aliphatic rings. The second kappa shape index (κ2) is 16.6. The molecule has 0 aromatic heterocycles. The highest BCUT2D eigenvalue weighted by atomic mass is 19.3. The Hall–Kier alpha value is -3.70. The zero-order valence-corrected chi connectivity index (χ0v) is 27.6. The average molecular weight is 612 g/mol. The number of nitrogens with one attached hydrogen (secondary N) is 1. The van der Waals surface area contributed by atoms with Gasteiger partial charge in [0.25, 0.3) is 5.92 Å². The smallest absolute Gasteiger partial charge is 0.270 e. The van der Waals surface area contributed by atoms with E-state index in [9.17, 15) is 8.78 Å². The summed E-state index contributed by atoms with van der Waals surface area (Å²) in [5.74, 6) is -2.84. The van der Waals surface area contributed by atoms with Crippen LogP contribution in [0.2, 0.25) is 0 Å². The SMILES string of the molecule is C=C(/C=C(/C(=C)N1CCCCC1)c1cc(CCc2ccccc2)ccc1C)NCc1ccc(C(C)(F)F)cc1.CN1CCCC1. The molecule has 0 unspecified atom stereocenters. The van der Waals surface area contributed by atoms with Crippen molar-refractivity contribution < 1.29 is 8.78 Å². The van der Waals surface area contributed by atoms with Crippen molar-refractivity contribution in [3.8, 4) is 0 Å². The highest BCUT2D eigenvalue weighted by Gasteiger charge is 2.23. The predicted molar refractivity (Wildman–Crippen MR) is 186 cm³/mol. The third-order valence-electron chi connectivity index (χ3n) is 8.81. The molecule has 45 heavy (non-hydrogen) atoms. The van der Waals surface area contributed by atoms with E-state index in [1.807, 2.05) is 0 Å². The molecule has 2 fully saturated rings. The summed E-state index contributed by atoms with van der Waals surface area (Å²) in [7, 11) is 2.17. The Morgan fingerprint density at radius 2 is 1.40 bits per heavy atom. The lowest BCUT2D eigenvalue weighted by molar-refractivity contribution is 0.0174. The van der Waals surface area contributed by atoms with Crippen LogP contribution in [0, 0.1) is 6.92 Å². The number of allylic oxidation sites excluding steroid dienone is 2. The van der Waals surface area contributed by atoms with Gasteiger partial charge in [0.05, 0.1) is 0 Å². The van der Waals surface area contributed by atoms with Gasteiger partial charge in [-0.15, -0.1) is 0 Å². The first-order valence-electron chi connectivity index (χ1n) is 16.5. The fourth-order valence-corrected chi connectivity index (χ4v) is 5.93. The molecule has 2 saturated heterocycles. The highest BCUT2D eigenvalue weighted by Crippen LogP contribution is 2.31. The Kier molecular flexibility index (Phi) is 12.6. The molecule has 0 saturated carbocycles. The lowest BCUT2D eigenvalue weighted by Gasteiger charge is -2.32. The Labute approximate surface area is 270 Å². The second-order valence-electron chi connectivity index (χ2n) is 12.7. The van der Waals surface area contributed by atoms with Crippen molar-refractivity contribution in [2.75, 3.05) is 33.2 Å². The summed E-state index contributed by atoms with van der Waals surface area (Å²) in [4.78, 5) is 4.75. The number of likely N-dealkylation sites (tertiary alicyclic amines) is 2. The van der Waals surface area contributed by atoms with E-state index >= 15 is 0 Å². The number of aryl methyl sites for hydroxylation is 3. The number of benzene rings is 3. The Balaban J connectivity index is 0.000000687. The fraction of sp³-hybridized carbons (Fsp3) is 0.400. The van der Waals surface area contributed by atoms with Crippen LogP contribution < -0.4 is 5.32 Å². The quantitative estimate of drug-likeness (QED) is 0.218. The van der Waals surface area contributed by atoms with Gasteiger partial charge in [-0.2, -0.15) is 0 Å². The lowest BCUT2D eigenvalue weighted by Crippen LogP contribution is -2.29. The van der Waals surface area contributed by atoms with Gasteiger partial charge in [-0.05, 0) is 106 Å². The summed E-state index contributed by atoms with van der Waals surface area (Å²) in [6.45, 7) is 17.1. The van der Waals surface area contributed by atoms with Crippen molar-refractivity contribution in [1.82, 2.24) is 15.1 Å². The number of nitrogens with zero attached hydrogens (tertiary/aromatic N) is 2. The summed E-state index contributed by atoms with van der Waals surface area (Å²) in [5, 5.41) is 3.38. The van der Waals surface area contributed by atoms with Crippen LogP contribution in [-0.4, -0.2) is 43.0 Å². The molecule has 0 radical (unpaired) electrons. The monoisotopic (exact) mass is 611 g/mol. The summed E-state index contributed by atoms with van der Waals surface area (Å²) in [6.07, 6.45) is 10.5. The molecule has 240 valence electrons. The number of halogens is 2. The Morgan fingerprint density at radius 3 is 2.00 bits per heavy atom. The van der Waals surface area contributed by atoms with E-state index in [0.717, 1.165) is 55.4 Å². The van der Waals surface area contributed by atoms with Crippen molar-refractivity contribution in [2.45, 2.75) is 71.3 Å². The largest absolute Gasteiger partial charge is 0.381 e. The second-order valence-corrected chi connectivity index (χ2v) is 12.7. The zero-order chi connectivity index (χ0) is 32.2. The predicted octanol–water partition coefficient (Wildman–Crippen LogP) is 9.29. The van der Waals surface area contributed by atoms with E-state index in [4.69, 9.17) is 0 Å². The third kappa shape index (κ3) is 10.7. The molecule has 1 N–H and O–H groups in total. The van der Waals surface area contributed by atoms with Gasteiger partial charge < -0.3 is 15.1 Å². The molecule has 2 aliphatic heterocycles. The maximum absolute atomic E-state index is 13.6. The van der Waals surface area contributed by atoms with Gasteiger partial charge in [0, 0.05) is 49.1 Å². The Bertz CT molecular complexity index is 1410. The minimum atomic E-state index is -2.84. The molecule has 3 aromatic carbocycles. The molecule has 3 nitrogen and oxygen atoms in total. The third-order valence-corrected chi connectivity index (χ3v) is 8.81. The van der Waals surface area contributed by atoms with Crippen molar-refractivity contribution in [3.05, 3.63) is 137 Å². The van der Waals surface area contributed by atoms with Gasteiger partial charge in [0.15, 0.2) is 0 Å². The van der Waals surface area contributed by atoms with Crippen LogP contribution in [-0.2, 0) is 25.3 Å². The summed E-state index contributed by atoms with van der Waals surface area (Å²) in [5.41, 5.74) is 8.82. The minimum Gasteiger partial charge on any atom is -0.381 e. The molecule has 5 rings (SSSR count). The average Bonchev–Trinajstić information content (AvgIpc) is 3.54. The van der Waals surface area contributed by atoms with Crippen LogP contribution in [0.15, 0.2) is 103 Å². The fourth-order valence-electron chi connectivity index (χ4n) is 5.93. The standard InChI is InChI=1S/C35H40F2N2.C5H11N/c1-26-13-14-30(16-15-29-11-7-5-8-12-29)24-33(26)34(28(3)39-21-9-6-10-22-39)23-27(2)38-25-31-17-19-32(20-18-31)35(4,36)37;1-6-4-2-3-5-6/h5,7-8,11-14,17-20,23-24,38H,2-3,6,9-10,15-16,21-22,25H2,1,4H3;2-5H2,1H3/b34-23-;. The van der Waals surface area contributed by atoms with Crippen LogP contribution in [0.5, 0.6) is 0 Å². The van der Waals surface area contributed by atoms with Crippen molar-refractivity contribution >= 4 is 5.57 Å². The number of piperidine rings is 1. The highest BCUT2D eigenvalue weighted by molar-refractivity contribution is 5.81. The van der Waals surface area contributed by atoms with Gasteiger partial charge in [-0.3, -0.25) is 0 Å². The molecular formula is C40H51F2N3. The molecule has 0 bridgehead atoms. The molecule has 2 heterocycles. The minimum absolute atomic E-state index is 0.0210. The van der Waals surface area contributed by atoms with E-state index in [1.165, 1.54) is 79.6 Å². The topological polar surface area (TPSA) is 18.5 Å². The van der Waals surface area contributed by atoms with Crippen LogP contribution in [0.4, 0.5) is 8.78 Å². The summed E-state index contributed by atoms with van der Waals surface area (Å²) >= 11 is 0.